The van der Waals surface area contributed by atoms with Crippen LogP contribution in [0.5, 0.6) is 0 Å². The van der Waals surface area contributed by atoms with Crippen LogP contribution < -0.4 is 0 Å². The highest BCUT2D eigenvalue weighted by Gasteiger charge is 2.04. The van der Waals surface area contributed by atoms with Crippen LogP contribution in [0.4, 0.5) is 4.39 Å². The van der Waals surface area contributed by atoms with Gasteiger partial charge in [-0.1, -0.05) is 0 Å². The highest BCUT2D eigenvalue weighted by molar-refractivity contribution is 7.89. The second-order valence-corrected chi connectivity index (χ2v) is 4.70. The van der Waals surface area contributed by atoms with E-state index < -0.39 is 15.8 Å². The van der Waals surface area contributed by atoms with Crippen LogP contribution in [-0.2, 0) is 15.6 Å². The van der Waals surface area contributed by atoms with E-state index in [0.29, 0.717) is 5.56 Å². The molecule has 0 amide bonds. The summed E-state index contributed by atoms with van der Waals surface area (Å²) >= 11 is 0. The van der Waals surface area contributed by atoms with Crippen LogP contribution in [0.1, 0.15) is 5.56 Å². The molecule has 3 nitrogen and oxygen atoms in total. The summed E-state index contributed by atoms with van der Waals surface area (Å²) in [6.45, 7) is 0. The summed E-state index contributed by atoms with van der Waals surface area (Å²) in [5.74, 6) is -0.803. The van der Waals surface area contributed by atoms with Crippen LogP contribution in [0.25, 0.3) is 0 Å². The number of halogens is 1. The SMILES string of the molecule is CS(=O)(=O)Cc1ccnc(F)c1. The maximum atomic E-state index is 12.4. The van der Waals surface area contributed by atoms with E-state index in [4.69, 9.17) is 0 Å². The molecular weight excluding hydrogens is 181 g/mol. The van der Waals surface area contributed by atoms with Crippen molar-refractivity contribution >= 4 is 9.84 Å². The van der Waals surface area contributed by atoms with E-state index in [0.717, 1.165) is 12.3 Å². The van der Waals surface area contributed by atoms with Gasteiger partial charge in [0.25, 0.3) is 0 Å². The number of aromatic nitrogens is 1. The Labute approximate surface area is 70.2 Å². The second-order valence-electron chi connectivity index (χ2n) is 2.56. The third-order valence-corrected chi connectivity index (χ3v) is 2.08. The molecule has 66 valence electrons. The molecule has 1 heterocycles. The summed E-state index contributed by atoms with van der Waals surface area (Å²) in [7, 11) is -3.09. The zero-order valence-corrected chi connectivity index (χ0v) is 7.31. The molecule has 12 heavy (non-hydrogen) atoms. The van der Waals surface area contributed by atoms with Crippen LogP contribution in [-0.4, -0.2) is 19.7 Å². The molecular formula is C7H8FNO2S. The zero-order valence-electron chi connectivity index (χ0n) is 6.49. The first kappa shape index (κ1) is 9.12. The second kappa shape index (κ2) is 3.18. The molecule has 0 atom stereocenters. The molecule has 0 aliphatic heterocycles. The van der Waals surface area contributed by atoms with Crippen molar-refractivity contribution in [1.29, 1.82) is 0 Å². The monoisotopic (exact) mass is 189 g/mol. The number of pyridine rings is 1. The van der Waals surface area contributed by atoms with Gasteiger partial charge in [0, 0.05) is 12.5 Å². The van der Waals surface area contributed by atoms with Gasteiger partial charge in [-0.15, -0.1) is 0 Å². The lowest BCUT2D eigenvalue weighted by Crippen LogP contribution is -2.01. The minimum Gasteiger partial charge on any atom is -0.229 e. The van der Waals surface area contributed by atoms with Crippen molar-refractivity contribution in [1.82, 2.24) is 4.98 Å². The number of hydrogen-bond acceptors (Lipinski definition) is 3. The van der Waals surface area contributed by atoms with Crippen LogP contribution in [0.3, 0.4) is 0 Å². The summed E-state index contributed by atoms with van der Waals surface area (Å²) in [5, 5.41) is 0. The zero-order chi connectivity index (χ0) is 9.19. The molecule has 0 unspecified atom stereocenters. The molecule has 0 spiro atoms. The highest BCUT2D eigenvalue weighted by Crippen LogP contribution is 2.04. The minimum absolute atomic E-state index is 0.146. The van der Waals surface area contributed by atoms with Gasteiger partial charge in [-0.2, -0.15) is 4.39 Å². The Balaban J connectivity index is 2.91. The molecule has 0 N–H and O–H groups in total. The third-order valence-electron chi connectivity index (χ3n) is 1.22. The Hall–Kier alpha value is -0.970. The molecule has 0 radical (unpaired) electrons. The van der Waals surface area contributed by atoms with Crippen molar-refractivity contribution in [3.63, 3.8) is 0 Å². The third kappa shape index (κ3) is 2.96. The topological polar surface area (TPSA) is 47.0 Å². The van der Waals surface area contributed by atoms with Crippen molar-refractivity contribution in [2.75, 3.05) is 6.26 Å². The normalized spacial score (nSPS) is 11.5. The van der Waals surface area contributed by atoms with Crippen LogP contribution in [0.2, 0.25) is 0 Å². The molecule has 0 fully saturated rings. The summed E-state index contributed by atoms with van der Waals surface area (Å²) in [6, 6.07) is 2.59. The number of nitrogens with zero attached hydrogens (tertiary/aromatic N) is 1. The Morgan fingerprint density at radius 1 is 1.58 bits per heavy atom. The highest BCUT2D eigenvalue weighted by atomic mass is 32.2. The van der Waals surface area contributed by atoms with Gasteiger partial charge in [0.15, 0.2) is 9.84 Å². The van der Waals surface area contributed by atoms with Gasteiger partial charge >= 0.3 is 0 Å². The fourth-order valence-corrected chi connectivity index (χ4v) is 1.62. The Kier molecular flexibility index (Phi) is 2.42. The van der Waals surface area contributed by atoms with E-state index in [1.165, 1.54) is 12.3 Å². The van der Waals surface area contributed by atoms with Crippen LogP contribution in [0.15, 0.2) is 18.3 Å². The number of hydrogen-bond donors (Lipinski definition) is 0. The predicted octanol–water partition coefficient (Wildman–Crippen LogP) is 0.765. The standard InChI is InChI=1S/C7H8FNO2S/c1-12(10,11)5-6-2-3-9-7(8)4-6/h2-4H,5H2,1H3. The first-order chi connectivity index (χ1) is 5.47. The lowest BCUT2D eigenvalue weighted by atomic mass is 10.3. The van der Waals surface area contributed by atoms with Crippen molar-refractivity contribution in [3.8, 4) is 0 Å². The van der Waals surface area contributed by atoms with Crippen molar-refractivity contribution in [2.24, 2.45) is 0 Å². The smallest absolute Gasteiger partial charge is 0.213 e. The van der Waals surface area contributed by atoms with E-state index in [-0.39, 0.29) is 5.75 Å². The summed E-state index contributed by atoms with van der Waals surface area (Å²) in [6.07, 6.45) is 2.35. The summed E-state index contributed by atoms with van der Waals surface area (Å²) < 4.78 is 34.0. The first-order valence-electron chi connectivity index (χ1n) is 3.25. The summed E-state index contributed by atoms with van der Waals surface area (Å²) in [5.41, 5.74) is 0.421. The first-order valence-corrected chi connectivity index (χ1v) is 5.31. The van der Waals surface area contributed by atoms with Crippen LogP contribution in [0, 0.1) is 5.95 Å². The average Bonchev–Trinajstić information content (AvgIpc) is 1.82. The lowest BCUT2D eigenvalue weighted by molar-refractivity contribution is 0.581. The van der Waals surface area contributed by atoms with Gasteiger partial charge in [0.1, 0.15) is 0 Å². The van der Waals surface area contributed by atoms with Crippen LogP contribution >= 0.6 is 0 Å². The Morgan fingerprint density at radius 3 is 2.75 bits per heavy atom. The predicted molar refractivity (Wildman–Crippen MR) is 42.7 cm³/mol. The molecule has 1 rings (SSSR count). The maximum Gasteiger partial charge on any atom is 0.213 e. The Bertz CT molecular complexity index is 375. The van der Waals surface area contributed by atoms with E-state index in [1.807, 2.05) is 0 Å². The van der Waals surface area contributed by atoms with E-state index in [9.17, 15) is 12.8 Å². The van der Waals surface area contributed by atoms with E-state index in [1.54, 1.807) is 0 Å². The van der Waals surface area contributed by atoms with Gasteiger partial charge in [-0.25, -0.2) is 13.4 Å². The fourth-order valence-electron chi connectivity index (χ4n) is 0.835. The minimum atomic E-state index is -3.09. The number of rotatable bonds is 2. The molecule has 0 saturated heterocycles. The van der Waals surface area contributed by atoms with Crippen molar-refractivity contribution < 1.29 is 12.8 Å². The molecule has 5 heteroatoms. The molecule has 0 aromatic carbocycles. The largest absolute Gasteiger partial charge is 0.229 e. The van der Waals surface area contributed by atoms with Gasteiger partial charge in [0.2, 0.25) is 5.95 Å². The van der Waals surface area contributed by atoms with Gasteiger partial charge in [-0.05, 0) is 17.7 Å². The Morgan fingerprint density at radius 2 is 2.25 bits per heavy atom. The molecule has 1 aromatic rings. The van der Waals surface area contributed by atoms with Gasteiger partial charge in [-0.3, -0.25) is 0 Å². The summed E-state index contributed by atoms with van der Waals surface area (Å²) in [4.78, 5) is 3.31. The molecule has 0 saturated carbocycles. The fraction of sp³-hybridized carbons (Fsp3) is 0.286. The van der Waals surface area contributed by atoms with Crippen molar-refractivity contribution in [3.05, 3.63) is 29.8 Å². The van der Waals surface area contributed by atoms with E-state index >= 15 is 0 Å². The molecule has 1 aromatic heterocycles. The van der Waals surface area contributed by atoms with Crippen molar-refractivity contribution in [2.45, 2.75) is 5.75 Å². The average molecular weight is 189 g/mol. The maximum absolute atomic E-state index is 12.4. The van der Waals surface area contributed by atoms with Gasteiger partial charge in [0.05, 0.1) is 5.75 Å². The molecule has 0 aliphatic carbocycles. The molecule has 0 bridgehead atoms. The quantitative estimate of drug-likeness (QED) is 0.645. The van der Waals surface area contributed by atoms with E-state index in [2.05, 4.69) is 4.98 Å². The lowest BCUT2D eigenvalue weighted by Gasteiger charge is -1.97. The van der Waals surface area contributed by atoms with Gasteiger partial charge < -0.3 is 0 Å². The number of sulfone groups is 1. The molecule has 0 aliphatic rings.